The number of rotatable bonds is 17. The van der Waals surface area contributed by atoms with Gasteiger partial charge in [0.25, 0.3) is 6.47 Å². The third kappa shape index (κ3) is 6.88. The van der Waals surface area contributed by atoms with Gasteiger partial charge in [0, 0.05) is 0 Å². The molecule has 0 heterocycles. The summed E-state index contributed by atoms with van der Waals surface area (Å²) in [5.74, 6) is -0.687. The van der Waals surface area contributed by atoms with Gasteiger partial charge in [0.15, 0.2) is 11.5 Å². The molecule has 6 nitrogen and oxygen atoms in total. The summed E-state index contributed by atoms with van der Waals surface area (Å²) in [6.45, 7) is 0.567. The van der Waals surface area contributed by atoms with Crippen LogP contribution in [-0.4, -0.2) is 33.4 Å². The number of hydrogen-bond donors (Lipinski definition) is 3. The van der Waals surface area contributed by atoms with Gasteiger partial charge in [-0.25, -0.2) is 0 Å². The maximum atomic E-state index is 11.2. The van der Waals surface area contributed by atoms with E-state index in [-0.39, 0.29) is 17.1 Å². The van der Waals surface area contributed by atoms with E-state index in [0.717, 1.165) is 114 Å². The Hall–Kier alpha value is -2.24. The van der Waals surface area contributed by atoms with Crippen molar-refractivity contribution in [2.75, 3.05) is 0 Å². The van der Waals surface area contributed by atoms with Crippen LogP contribution in [0.4, 0.5) is 0 Å². The van der Waals surface area contributed by atoms with E-state index in [0.29, 0.717) is 6.47 Å². The highest BCUT2D eigenvalue weighted by molar-refractivity contribution is 5.77. The topological polar surface area (TPSA) is 104 Å². The molecule has 1 aromatic rings. The quantitative estimate of drug-likeness (QED) is 0.162. The second-order valence-corrected chi connectivity index (χ2v) is 9.93. The Kier molecular flexibility index (Phi) is 8.44. The van der Waals surface area contributed by atoms with Crippen LogP contribution in [0.25, 0.3) is 0 Å². The van der Waals surface area contributed by atoms with E-state index in [4.69, 9.17) is 4.74 Å². The molecule has 2 aliphatic carbocycles. The van der Waals surface area contributed by atoms with Crippen LogP contribution in [0.1, 0.15) is 101 Å². The number of aliphatic carboxylic acids is 1. The van der Waals surface area contributed by atoms with Gasteiger partial charge < -0.3 is 20.1 Å². The summed E-state index contributed by atoms with van der Waals surface area (Å²) in [5, 5.41) is 29.6. The maximum Gasteiger partial charge on any atom is 0.309 e. The van der Waals surface area contributed by atoms with Gasteiger partial charge in [-0.05, 0) is 87.8 Å². The minimum absolute atomic E-state index is 0.00605. The van der Waals surface area contributed by atoms with Crippen LogP contribution in [0.3, 0.4) is 0 Å². The molecule has 2 fully saturated rings. The van der Waals surface area contributed by atoms with Gasteiger partial charge in [0.2, 0.25) is 0 Å². The van der Waals surface area contributed by atoms with Crippen molar-refractivity contribution in [2.24, 2.45) is 5.41 Å². The Bertz CT molecular complexity index is 779. The number of benzene rings is 1. The van der Waals surface area contributed by atoms with Crippen molar-refractivity contribution in [2.45, 2.75) is 108 Å². The summed E-state index contributed by atoms with van der Waals surface area (Å²) in [6.07, 6.45) is 15.1. The fourth-order valence-electron chi connectivity index (χ4n) is 4.73. The average molecular weight is 447 g/mol. The molecule has 3 N–H and O–H groups in total. The first kappa shape index (κ1) is 24.4. The summed E-state index contributed by atoms with van der Waals surface area (Å²) in [5.41, 5.74) is 1.26. The van der Waals surface area contributed by atoms with Gasteiger partial charge in [-0.1, -0.05) is 38.2 Å². The predicted molar refractivity (Wildman–Crippen MR) is 122 cm³/mol. The van der Waals surface area contributed by atoms with Crippen molar-refractivity contribution in [1.29, 1.82) is 0 Å². The molecule has 0 spiro atoms. The molecule has 3 rings (SSSR count). The fourth-order valence-corrected chi connectivity index (χ4v) is 4.73. The lowest BCUT2D eigenvalue weighted by Gasteiger charge is -2.13. The summed E-state index contributed by atoms with van der Waals surface area (Å²) in [7, 11) is 0. The Balaban J connectivity index is 1.32. The van der Waals surface area contributed by atoms with Crippen LogP contribution in [0.15, 0.2) is 12.1 Å². The van der Waals surface area contributed by atoms with E-state index < -0.39 is 11.4 Å². The zero-order valence-electron chi connectivity index (χ0n) is 19.1. The summed E-state index contributed by atoms with van der Waals surface area (Å²) in [4.78, 5) is 21.7. The number of phenols is 2. The van der Waals surface area contributed by atoms with Crippen molar-refractivity contribution < 1.29 is 29.6 Å². The average Bonchev–Trinajstić information content (AvgIpc) is 3.68. The van der Waals surface area contributed by atoms with Gasteiger partial charge in [-0.15, -0.1) is 0 Å². The highest BCUT2D eigenvalue weighted by Gasteiger charge is 2.49. The van der Waals surface area contributed by atoms with Crippen LogP contribution >= 0.6 is 0 Å². The Morgan fingerprint density at radius 3 is 2.09 bits per heavy atom. The Morgan fingerprint density at radius 2 is 1.50 bits per heavy atom. The minimum Gasteiger partial charge on any atom is -0.504 e. The van der Waals surface area contributed by atoms with Gasteiger partial charge in [0.05, 0.1) is 5.41 Å². The third-order valence-corrected chi connectivity index (χ3v) is 7.34. The van der Waals surface area contributed by atoms with Crippen LogP contribution in [0.2, 0.25) is 0 Å². The number of carbonyl (C=O) groups is 2. The largest absolute Gasteiger partial charge is 0.504 e. The molecule has 0 atom stereocenters. The van der Waals surface area contributed by atoms with Crippen LogP contribution in [0, 0.1) is 5.41 Å². The molecule has 0 aromatic heterocycles. The zero-order chi connectivity index (χ0) is 23.0. The zero-order valence-corrected chi connectivity index (χ0v) is 19.1. The molecule has 0 aliphatic heterocycles. The first-order valence-corrected chi connectivity index (χ1v) is 12.3. The second-order valence-electron chi connectivity index (χ2n) is 9.93. The number of carbonyl (C=O) groups excluding carboxylic acids is 1. The third-order valence-electron chi connectivity index (χ3n) is 7.34. The van der Waals surface area contributed by atoms with Gasteiger partial charge in [0.1, 0.15) is 5.60 Å². The number of carboxylic acid groups (broad SMARTS) is 1. The maximum absolute atomic E-state index is 11.2. The molecular weight excluding hydrogens is 408 g/mol. The predicted octanol–water partition coefficient (Wildman–Crippen LogP) is 5.65. The smallest absolute Gasteiger partial charge is 0.309 e. The lowest BCUT2D eigenvalue weighted by molar-refractivity contribution is -0.143. The molecule has 2 aliphatic rings. The fraction of sp³-hybridized carbons (Fsp3) is 0.692. The van der Waals surface area contributed by atoms with Crippen LogP contribution in [0.5, 0.6) is 11.5 Å². The van der Waals surface area contributed by atoms with Crippen molar-refractivity contribution in [3.8, 4) is 11.5 Å². The number of unbranched alkanes of at least 4 members (excludes halogenated alkanes) is 6. The lowest BCUT2D eigenvalue weighted by Crippen LogP contribution is -2.14. The molecule has 0 saturated heterocycles. The monoisotopic (exact) mass is 446 g/mol. The first-order valence-electron chi connectivity index (χ1n) is 12.3. The molecule has 0 amide bonds. The molecule has 178 valence electrons. The summed E-state index contributed by atoms with van der Waals surface area (Å²) in [6, 6.07) is 3.67. The second kappa shape index (κ2) is 11.1. The van der Waals surface area contributed by atoms with E-state index in [2.05, 4.69) is 0 Å². The highest BCUT2D eigenvalue weighted by Crippen LogP contribution is 2.50. The van der Waals surface area contributed by atoms with Gasteiger partial charge in [-0.3, -0.25) is 9.59 Å². The normalized spacial score (nSPS) is 17.6. The number of hydrogen-bond acceptors (Lipinski definition) is 5. The van der Waals surface area contributed by atoms with E-state index in [1.165, 1.54) is 0 Å². The molecule has 2 saturated carbocycles. The van der Waals surface area contributed by atoms with Crippen molar-refractivity contribution in [3.63, 3.8) is 0 Å². The van der Waals surface area contributed by atoms with Crippen LogP contribution < -0.4 is 0 Å². The van der Waals surface area contributed by atoms with Crippen molar-refractivity contribution in [1.82, 2.24) is 0 Å². The summed E-state index contributed by atoms with van der Waals surface area (Å²) < 4.78 is 5.17. The van der Waals surface area contributed by atoms with E-state index >= 15 is 0 Å². The Labute approximate surface area is 191 Å². The Morgan fingerprint density at radius 1 is 0.875 bits per heavy atom. The number of phenolic OH excluding ortho intramolecular Hbond substituents is 2. The lowest BCUT2D eigenvalue weighted by atomic mass is 9.96. The van der Waals surface area contributed by atoms with E-state index in [1.807, 2.05) is 6.07 Å². The minimum atomic E-state index is -0.636. The number of ether oxygens (including phenoxy) is 1. The van der Waals surface area contributed by atoms with E-state index in [1.54, 1.807) is 6.07 Å². The van der Waals surface area contributed by atoms with Gasteiger partial charge >= 0.3 is 5.97 Å². The van der Waals surface area contributed by atoms with Crippen molar-refractivity contribution >= 4 is 12.4 Å². The first-order chi connectivity index (χ1) is 15.4. The highest BCUT2D eigenvalue weighted by atomic mass is 16.5. The van der Waals surface area contributed by atoms with Crippen molar-refractivity contribution in [3.05, 3.63) is 23.3 Å². The number of carboxylic acids is 1. The standard InChI is InChI=1S/C26H38O6/c27-19-32-26(15-16-26)12-8-4-2-6-10-21-17-20(18-22(28)23(21)29)9-5-1-3-7-11-25(13-14-25)24(30)31/h17-19,28-29H,1-16H2,(H,30,31). The molecule has 0 radical (unpaired) electrons. The number of aromatic hydroxyl groups is 2. The molecule has 0 unspecified atom stereocenters. The summed E-state index contributed by atoms with van der Waals surface area (Å²) >= 11 is 0. The van der Waals surface area contributed by atoms with Crippen LogP contribution in [-0.2, 0) is 27.2 Å². The molecule has 32 heavy (non-hydrogen) atoms. The SMILES string of the molecule is O=COC1(CCCCCCc2cc(CCCCCCC3(C(=O)O)CC3)cc(O)c2O)CC1. The molecule has 0 bridgehead atoms. The van der Waals surface area contributed by atoms with E-state index in [9.17, 15) is 24.9 Å². The molecule has 1 aromatic carbocycles. The molecule has 6 heteroatoms. The number of aryl methyl sites for hydroxylation is 2. The van der Waals surface area contributed by atoms with Gasteiger partial charge in [-0.2, -0.15) is 0 Å². The molecular formula is C26H38O6.